The number of rotatable bonds is 5. The maximum atomic E-state index is 3.54. The van der Waals surface area contributed by atoms with E-state index in [0.29, 0.717) is 6.04 Å². The fourth-order valence-electron chi connectivity index (χ4n) is 3.41. The van der Waals surface area contributed by atoms with Crippen molar-refractivity contribution in [3.63, 3.8) is 0 Å². The monoisotopic (exact) mass is 300 g/mol. The molecule has 22 heavy (non-hydrogen) atoms. The van der Waals surface area contributed by atoms with Gasteiger partial charge in [0.05, 0.1) is 5.54 Å². The number of benzene rings is 1. The molecule has 0 aromatic heterocycles. The Labute approximate surface area is 136 Å². The Bertz CT molecular complexity index is 567. The zero-order valence-corrected chi connectivity index (χ0v) is 15.4. The van der Waals surface area contributed by atoms with Crippen molar-refractivity contribution in [2.45, 2.75) is 73.0 Å². The summed E-state index contributed by atoms with van der Waals surface area (Å²) in [6, 6.07) is 5.30. The second-order valence-corrected chi connectivity index (χ2v) is 7.46. The minimum absolute atomic E-state index is 0.0945. The summed E-state index contributed by atoms with van der Waals surface area (Å²) in [5, 5.41) is 3.54. The fourth-order valence-corrected chi connectivity index (χ4v) is 3.41. The number of anilines is 1. The molecule has 0 radical (unpaired) electrons. The Balaban J connectivity index is 2.46. The first-order valence-electron chi connectivity index (χ1n) is 8.60. The van der Waals surface area contributed by atoms with Crippen LogP contribution in [0.4, 0.5) is 5.69 Å². The Morgan fingerprint density at radius 3 is 2.45 bits per heavy atom. The van der Waals surface area contributed by atoms with Gasteiger partial charge < -0.3 is 10.2 Å². The molecule has 0 amide bonds. The van der Waals surface area contributed by atoms with Crippen molar-refractivity contribution >= 4 is 11.3 Å². The van der Waals surface area contributed by atoms with Crippen molar-refractivity contribution in [2.75, 3.05) is 11.4 Å². The molecule has 1 aromatic carbocycles. The first kappa shape index (κ1) is 17.1. The maximum Gasteiger partial charge on any atom is 0.0534 e. The molecule has 0 bridgehead atoms. The van der Waals surface area contributed by atoms with Crippen molar-refractivity contribution in [1.29, 1.82) is 0 Å². The van der Waals surface area contributed by atoms with E-state index in [1.807, 2.05) is 0 Å². The topological polar surface area (TPSA) is 15.3 Å². The lowest BCUT2D eigenvalue weighted by Gasteiger charge is -2.43. The molecule has 1 aliphatic heterocycles. The van der Waals surface area contributed by atoms with E-state index in [0.717, 1.165) is 13.1 Å². The second kappa shape index (κ2) is 6.45. The van der Waals surface area contributed by atoms with Crippen LogP contribution in [0.1, 0.15) is 64.7 Å². The quantitative estimate of drug-likeness (QED) is 0.831. The summed E-state index contributed by atoms with van der Waals surface area (Å²) in [6.45, 7) is 17.8. The van der Waals surface area contributed by atoms with Crippen LogP contribution in [0.15, 0.2) is 18.2 Å². The van der Waals surface area contributed by atoms with Crippen LogP contribution >= 0.6 is 0 Å². The maximum absolute atomic E-state index is 3.54. The number of allylic oxidation sites excluding steroid dienone is 1. The molecule has 2 rings (SSSR count). The third-order valence-corrected chi connectivity index (χ3v) is 4.58. The first-order valence-corrected chi connectivity index (χ1v) is 8.60. The van der Waals surface area contributed by atoms with Crippen molar-refractivity contribution in [3.8, 4) is 0 Å². The Morgan fingerprint density at radius 1 is 1.18 bits per heavy atom. The van der Waals surface area contributed by atoms with Crippen LogP contribution in [0.2, 0.25) is 0 Å². The lowest BCUT2D eigenvalue weighted by atomic mass is 9.86. The third-order valence-electron chi connectivity index (χ3n) is 4.58. The van der Waals surface area contributed by atoms with Gasteiger partial charge in [0.1, 0.15) is 0 Å². The number of aryl methyl sites for hydroxylation is 1. The predicted molar refractivity (Wildman–Crippen MR) is 98.5 cm³/mol. The smallest absolute Gasteiger partial charge is 0.0534 e. The highest BCUT2D eigenvalue weighted by Gasteiger charge is 2.31. The molecule has 0 fully saturated rings. The van der Waals surface area contributed by atoms with Gasteiger partial charge in [-0.25, -0.2) is 0 Å². The van der Waals surface area contributed by atoms with Crippen molar-refractivity contribution < 1.29 is 0 Å². The van der Waals surface area contributed by atoms with Gasteiger partial charge in [0.25, 0.3) is 0 Å². The average Bonchev–Trinajstić information content (AvgIpc) is 2.41. The summed E-state index contributed by atoms with van der Waals surface area (Å²) in [5.41, 5.74) is 7.10. The lowest BCUT2D eigenvalue weighted by Crippen LogP contribution is -2.45. The van der Waals surface area contributed by atoms with Gasteiger partial charge in [0.15, 0.2) is 0 Å². The largest absolute Gasteiger partial charge is 0.362 e. The molecule has 2 nitrogen and oxygen atoms in total. The average molecular weight is 300 g/mol. The third kappa shape index (κ3) is 3.38. The van der Waals surface area contributed by atoms with Crippen molar-refractivity contribution in [3.05, 3.63) is 34.9 Å². The number of hydrogen-bond donors (Lipinski definition) is 1. The molecule has 0 spiro atoms. The minimum Gasteiger partial charge on any atom is -0.362 e. The standard InChI is InChI=1S/C20H32N2/c1-8-9-22-19-10-15(4)17(13-21-14(2)3)11-18(19)16(5)12-20(22,6)7/h10-12,14,21H,8-9,13H2,1-7H3. The predicted octanol–water partition coefficient (Wildman–Crippen LogP) is 4.90. The molecular weight excluding hydrogens is 268 g/mol. The molecule has 1 aromatic rings. The molecule has 0 saturated heterocycles. The van der Waals surface area contributed by atoms with Crippen LogP contribution in [0, 0.1) is 6.92 Å². The molecule has 0 aliphatic carbocycles. The van der Waals surface area contributed by atoms with Crippen molar-refractivity contribution in [2.24, 2.45) is 0 Å². The van der Waals surface area contributed by atoms with Gasteiger partial charge >= 0.3 is 0 Å². The van der Waals surface area contributed by atoms with Crippen LogP contribution in [0.5, 0.6) is 0 Å². The van der Waals surface area contributed by atoms with Gasteiger partial charge in [0.2, 0.25) is 0 Å². The highest BCUT2D eigenvalue weighted by atomic mass is 15.2. The summed E-state index contributed by atoms with van der Waals surface area (Å²) in [5.74, 6) is 0. The molecule has 0 saturated carbocycles. The summed E-state index contributed by atoms with van der Waals surface area (Å²) < 4.78 is 0. The van der Waals surface area contributed by atoms with Gasteiger partial charge in [-0.3, -0.25) is 0 Å². The van der Waals surface area contributed by atoms with Crippen LogP contribution in [-0.2, 0) is 6.54 Å². The summed E-state index contributed by atoms with van der Waals surface area (Å²) >= 11 is 0. The number of fused-ring (bicyclic) bond motifs is 1. The van der Waals surface area contributed by atoms with Crippen molar-refractivity contribution in [1.82, 2.24) is 5.32 Å². The molecule has 122 valence electrons. The summed E-state index contributed by atoms with van der Waals surface area (Å²) in [7, 11) is 0. The van der Waals surface area contributed by atoms with Crippen LogP contribution in [-0.4, -0.2) is 18.1 Å². The van der Waals surface area contributed by atoms with E-state index in [9.17, 15) is 0 Å². The van der Waals surface area contributed by atoms with E-state index >= 15 is 0 Å². The normalized spacial score (nSPS) is 16.7. The Morgan fingerprint density at radius 2 is 1.86 bits per heavy atom. The molecule has 0 unspecified atom stereocenters. The molecule has 2 heteroatoms. The second-order valence-electron chi connectivity index (χ2n) is 7.46. The first-order chi connectivity index (χ1) is 10.3. The fraction of sp³-hybridized carbons (Fsp3) is 0.600. The van der Waals surface area contributed by atoms with Crippen LogP contribution in [0.3, 0.4) is 0 Å². The number of nitrogens with one attached hydrogen (secondary N) is 1. The number of nitrogens with zero attached hydrogens (tertiary/aromatic N) is 1. The Kier molecular flexibility index (Phi) is 5.01. The minimum atomic E-state index is 0.0945. The molecule has 0 atom stereocenters. The highest BCUT2D eigenvalue weighted by Crippen LogP contribution is 2.40. The van der Waals surface area contributed by atoms with E-state index in [1.54, 1.807) is 0 Å². The van der Waals surface area contributed by atoms with Crippen LogP contribution in [0.25, 0.3) is 5.57 Å². The SMILES string of the molecule is CCCN1c2cc(C)c(CNC(C)C)cc2C(C)=CC1(C)C. The molecule has 1 N–H and O–H groups in total. The summed E-state index contributed by atoms with van der Waals surface area (Å²) in [4.78, 5) is 2.56. The van der Waals surface area contributed by atoms with E-state index in [-0.39, 0.29) is 5.54 Å². The van der Waals surface area contributed by atoms with E-state index in [1.165, 1.54) is 34.4 Å². The van der Waals surface area contributed by atoms with Gasteiger partial charge in [-0.2, -0.15) is 0 Å². The van der Waals surface area contributed by atoms with E-state index in [4.69, 9.17) is 0 Å². The zero-order chi connectivity index (χ0) is 16.5. The Hall–Kier alpha value is -1.28. The molecule has 1 aliphatic rings. The van der Waals surface area contributed by atoms with E-state index < -0.39 is 0 Å². The highest BCUT2D eigenvalue weighted by molar-refractivity contribution is 5.82. The number of hydrogen-bond acceptors (Lipinski definition) is 2. The zero-order valence-electron chi connectivity index (χ0n) is 15.4. The summed E-state index contributed by atoms with van der Waals surface area (Å²) in [6.07, 6.45) is 3.59. The van der Waals surface area contributed by atoms with Gasteiger partial charge in [-0.15, -0.1) is 0 Å². The molecular formula is C20H32N2. The van der Waals surface area contributed by atoms with E-state index in [2.05, 4.69) is 76.9 Å². The lowest BCUT2D eigenvalue weighted by molar-refractivity contribution is 0.549. The van der Waals surface area contributed by atoms with Gasteiger partial charge in [0, 0.05) is 30.4 Å². The van der Waals surface area contributed by atoms with Crippen LogP contribution < -0.4 is 10.2 Å². The molecule has 1 heterocycles. The van der Waals surface area contributed by atoms with Gasteiger partial charge in [-0.1, -0.05) is 26.8 Å². The van der Waals surface area contributed by atoms with Gasteiger partial charge in [-0.05, 0) is 62.9 Å².